The smallest absolute Gasteiger partial charge is 0.303 e. The minimum atomic E-state index is -0.781. The highest BCUT2D eigenvalue weighted by Gasteiger charge is 2.43. The molecular formula is C58H73FN12O7S. The van der Waals surface area contributed by atoms with Gasteiger partial charge in [-0.1, -0.05) is 50.0 Å². The van der Waals surface area contributed by atoms with Crippen molar-refractivity contribution in [2.24, 2.45) is 10.9 Å². The van der Waals surface area contributed by atoms with Crippen LogP contribution < -0.4 is 26.4 Å². The third-order valence-corrected chi connectivity index (χ3v) is 16.8. The molecule has 0 spiro atoms. The molecule has 2 saturated heterocycles. The summed E-state index contributed by atoms with van der Waals surface area (Å²) in [7, 11) is 3.40. The maximum atomic E-state index is 14.5. The highest BCUT2D eigenvalue weighted by atomic mass is 32.2. The number of carbonyl (C=O) groups excluding carboxylic acids is 6. The van der Waals surface area contributed by atoms with Crippen molar-refractivity contribution in [3.63, 3.8) is 0 Å². The number of likely N-dealkylation sites (N-methyl/N-ethyl adjacent to an activating group) is 1. The molecule has 79 heavy (non-hydrogen) atoms. The third-order valence-electron chi connectivity index (χ3n) is 15.6. The quantitative estimate of drug-likeness (QED) is 0.0391. The summed E-state index contributed by atoms with van der Waals surface area (Å²) < 4.78 is 21.5. The molecule has 4 aromatic rings. The van der Waals surface area contributed by atoms with Crippen molar-refractivity contribution in [3.8, 4) is 16.9 Å². The van der Waals surface area contributed by atoms with E-state index in [9.17, 15) is 33.2 Å². The van der Waals surface area contributed by atoms with Gasteiger partial charge in [0.15, 0.2) is 17.4 Å². The molecule has 5 N–H and O–H groups in total. The molecular weight excluding hydrogens is 1030 g/mol. The van der Waals surface area contributed by atoms with E-state index < -0.39 is 30.0 Å². The number of anilines is 1. The number of hydrogen-bond acceptors (Lipinski definition) is 13. The van der Waals surface area contributed by atoms with Gasteiger partial charge in [-0.25, -0.2) is 9.37 Å². The molecule has 6 heterocycles. The molecule has 0 radical (unpaired) electrons. The van der Waals surface area contributed by atoms with E-state index >= 15 is 0 Å². The molecule has 4 aliphatic heterocycles. The average Bonchev–Trinajstić information content (AvgIpc) is 4.36. The van der Waals surface area contributed by atoms with Crippen LogP contribution in [-0.2, 0) is 32.3 Å². The van der Waals surface area contributed by atoms with Crippen LogP contribution in [0.25, 0.3) is 16.0 Å². The number of rotatable bonds is 20. The zero-order chi connectivity index (χ0) is 56.3. The molecule has 5 atom stereocenters. The van der Waals surface area contributed by atoms with Gasteiger partial charge in [-0.05, 0) is 119 Å². The number of nitrogens with two attached hydrogens (primary N) is 1. The average molecular weight is 1100 g/mol. The van der Waals surface area contributed by atoms with Crippen molar-refractivity contribution in [1.29, 1.82) is 0 Å². The topological polar surface area (TPSA) is 231 Å². The van der Waals surface area contributed by atoms with E-state index in [1.54, 1.807) is 48.9 Å². The Hall–Kier alpha value is -7.18. The van der Waals surface area contributed by atoms with E-state index in [0.29, 0.717) is 103 Å². The number of nitrogens with one attached hydrogen (secondary N) is 3. The summed E-state index contributed by atoms with van der Waals surface area (Å²) in [4.78, 5) is 99.6. The van der Waals surface area contributed by atoms with Gasteiger partial charge in [-0.3, -0.25) is 33.8 Å². The second-order valence-corrected chi connectivity index (χ2v) is 22.2. The second kappa shape index (κ2) is 26.6. The Morgan fingerprint density at radius 3 is 2.42 bits per heavy atom. The van der Waals surface area contributed by atoms with Crippen LogP contribution in [0.3, 0.4) is 0 Å². The number of likely N-dealkylation sites (tertiary alicyclic amines) is 2. The number of unbranched alkanes of at least 4 members (excludes halogenated alkanes) is 5. The first-order valence-electron chi connectivity index (χ1n) is 27.6. The predicted octanol–water partition coefficient (Wildman–Crippen LogP) is 7.21. The molecule has 2 aromatic carbocycles. The number of fused-ring (bicyclic) bond motifs is 5. The molecule has 19 nitrogen and oxygen atoms in total. The first-order valence-corrected chi connectivity index (χ1v) is 28.6. The van der Waals surface area contributed by atoms with Crippen LogP contribution in [0, 0.1) is 25.2 Å². The van der Waals surface area contributed by atoms with Gasteiger partial charge in [0.1, 0.15) is 24.0 Å². The van der Waals surface area contributed by atoms with Crippen molar-refractivity contribution < 1.29 is 37.9 Å². The molecule has 2 aromatic heterocycles. The van der Waals surface area contributed by atoms with Crippen molar-refractivity contribution in [3.05, 3.63) is 99.9 Å². The third kappa shape index (κ3) is 14.0. The van der Waals surface area contributed by atoms with Gasteiger partial charge < -0.3 is 46.0 Å². The van der Waals surface area contributed by atoms with Crippen LogP contribution in [0.4, 0.5) is 16.0 Å². The Morgan fingerprint density at radius 2 is 1.70 bits per heavy atom. The summed E-state index contributed by atoms with van der Waals surface area (Å²) in [5, 5.41) is 14.4. The van der Waals surface area contributed by atoms with E-state index in [0.717, 1.165) is 49.1 Å². The number of piperidine rings is 1. The van der Waals surface area contributed by atoms with Crippen molar-refractivity contribution in [1.82, 2.24) is 45.4 Å². The van der Waals surface area contributed by atoms with Crippen LogP contribution >= 0.6 is 11.8 Å². The second-order valence-electron chi connectivity index (χ2n) is 21.1. The summed E-state index contributed by atoms with van der Waals surface area (Å²) in [6.45, 7) is 15.7. The molecule has 0 aliphatic carbocycles. The lowest BCUT2D eigenvalue weighted by Gasteiger charge is -2.38. The number of amides is 5. The number of pyridine rings is 1. The zero-order valence-electron chi connectivity index (χ0n) is 45.9. The van der Waals surface area contributed by atoms with Crippen molar-refractivity contribution in [2.45, 2.75) is 141 Å². The number of ether oxygens (including phenoxy) is 1. The Balaban J connectivity index is 0.764. The fourth-order valence-corrected chi connectivity index (χ4v) is 12.1. The maximum absolute atomic E-state index is 14.5. The lowest BCUT2D eigenvalue weighted by molar-refractivity contribution is -0.139. The normalized spacial score (nSPS) is 19.2. The number of aliphatic imine (C=N–C) groups is 1. The van der Waals surface area contributed by atoms with E-state index in [1.807, 2.05) is 35.8 Å². The summed E-state index contributed by atoms with van der Waals surface area (Å²) in [6.07, 6.45) is 9.50. The largest absolute Gasteiger partial charge is 0.482 e. The van der Waals surface area contributed by atoms with Gasteiger partial charge in [0.05, 0.1) is 35.9 Å². The number of nitrogen functional groups attached to an aromatic ring is 1. The molecule has 2 bridgehead atoms. The fraction of sp³-hybridized carbons (Fsp3) is 0.517. The van der Waals surface area contributed by atoms with Crippen LogP contribution in [0.1, 0.15) is 135 Å². The van der Waals surface area contributed by atoms with Gasteiger partial charge in [-0.2, -0.15) is 4.68 Å². The zero-order valence-corrected chi connectivity index (χ0v) is 46.7. The van der Waals surface area contributed by atoms with Crippen molar-refractivity contribution in [2.75, 3.05) is 51.8 Å². The van der Waals surface area contributed by atoms with Gasteiger partial charge >= 0.3 is 5.82 Å². The van der Waals surface area contributed by atoms with Crippen molar-refractivity contribution >= 4 is 63.8 Å². The molecule has 420 valence electrons. The molecule has 2 fully saturated rings. The van der Waals surface area contributed by atoms with Gasteiger partial charge in [0.25, 0.3) is 5.91 Å². The number of aryl methyl sites for hydroxylation is 1. The first kappa shape index (κ1) is 58.0. The summed E-state index contributed by atoms with van der Waals surface area (Å²) >= 11 is 1.47. The van der Waals surface area contributed by atoms with Crippen LogP contribution in [0.5, 0.6) is 5.75 Å². The molecule has 0 saturated carbocycles. The summed E-state index contributed by atoms with van der Waals surface area (Å²) in [6, 6.07) is 10.6. The monoisotopic (exact) mass is 1100 g/mol. The minimum absolute atomic E-state index is 0.0808. The number of hydrogen-bond donors (Lipinski definition) is 4. The summed E-state index contributed by atoms with van der Waals surface area (Å²) in [5.41, 5.74) is 10.5. The molecule has 4 aliphatic rings. The highest BCUT2D eigenvalue weighted by molar-refractivity contribution is 8.14. The maximum Gasteiger partial charge on any atom is 0.303 e. The molecule has 8 rings (SSSR count). The predicted molar refractivity (Wildman–Crippen MR) is 301 cm³/mol. The van der Waals surface area contributed by atoms with E-state index in [-0.39, 0.29) is 78.5 Å². The van der Waals surface area contributed by atoms with Crippen LogP contribution in [0.15, 0.2) is 59.7 Å². The number of carbonyl (C=O) groups is 6. The van der Waals surface area contributed by atoms with Gasteiger partial charge in [0, 0.05) is 80.3 Å². The van der Waals surface area contributed by atoms with E-state index in [1.165, 1.54) is 36.0 Å². The number of Topliss-reactive ketones (excluding diaryl/α,β-unsaturated/α-hetero) is 1. The van der Waals surface area contributed by atoms with Crippen LogP contribution in [-0.4, -0.2) is 140 Å². The fourth-order valence-electron chi connectivity index (χ4n) is 10.9. The number of benzene rings is 2. The van der Waals surface area contributed by atoms with Gasteiger partial charge in [0.2, 0.25) is 23.6 Å². The molecule has 5 amide bonds. The van der Waals surface area contributed by atoms with Crippen LogP contribution in [0.2, 0.25) is 0 Å². The first-order chi connectivity index (χ1) is 38.0. The SMILES string of the molecule is [C-]#[N+]c1nn(CCNC(=O)CCCCCCCCC(=O)N2CCC([C@H](NC(=O)[C@H](C)NC)C(=O)N3CCC[C@H]3C3=NC(C(=O)c4ccc(F)cc4)CS3)CC2)c2c1-c1cnc(N)c(c1)O[C@H](C)c1cc(C)ccc1C(=O)N(C)C2. The number of aromatic nitrogens is 3. The summed E-state index contributed by atoms with van der Waals surface area (Å²) in [5.74, 6) is -0.384. The Morgan fingerprint density at radius 1 is 0.975 bits per heavy atom. The van der Waals surface area contributed by atoms with Gasteiger partial charge in [-0.15, -0.1) is 11.8 Å². The molecule has 21 heteroatoms. The lowest BCUT2D eigenvalue weighted by atomic mass is 9.87. The van der Waals surface area contributed by atoms with E-state index in [2.05, 4.69) is 30.9 Å². The molecule has 1 unspecified atom stereocenters. The number of thioether (sulfide) groups is 1. The standard InChI is InChI=1S/C58H73FN12O7S/c1-35-17-22-42-43(30-35)37(3)78-47-31-40(32-64-53(47)60)50-46(33-68(6)57(42)76)71(67-54(50)62-5)29-25-63-48(72)15-11-9-7-8-10-12-16-49(73)69-27-23-38(24-28-69)51(66-55(75)36(2)61-4)58(77)70-26-13-14-45(70)56-65-44(34-79-56)52(74)39-18-20-41(59)21-19-39/h17-22,30-32,36-38,44-45,51,61H,7-16,23-29,33-34H2,1-4,6H3,(H2,60,64)(H,63,72)(H,66,75)/t36-,37+,44?,45-,51-/m0/s1. The van der Waals surface area contributed by atoms with E-state index in [4.69, 9.17) is 22.0 Å². The lowest BCUT2D eigenvalue weighted by Crippen LogP contribution is -2.58. The number of ketones is 1. The highest BCUT2D eigenvalue weighted by Crippen LogP contribution is 2.39. The minimum Gasteiger partial charge on any atom is -0.482 e. The Labute approximate surface area is 465 Å². The Bertz CT molecular complexity index is 2970. The number of halogens is 1. The number of nitrogens with zero attached hydrogens (tertiary/aromatic N) is 8. The Kier molecular flexibility index (Phi) is 19.6.